The second-order valence-electron chi connectivity index (χ2n) is 5.73. The van der Waals surface area contributed by atoms with Crippen LogP contribution in [0.2, 0.25) is 0 Å². The molecule has 2 aromatic carbocycles. The number of nitrogens with one attached hydrogen (secondary N) is 1. The Morgan fingerprint density at radius 2 is 1.81 bits per heavy atom. The van der Waals surface area contributed by atoms with Gasteiger partial charge in [-0.3, -0.25) is 9.59 Å². The van der Waals surface area contributed by atoms with Crippen molar-refractivity contribution in [3.05, 3.63) is 75.6 Å². The van der Waals surface area contributed by atoms with Gasteiger partial charge in [-0.25, -0.2) is 4.79 Å². The second kappa shape index (κ2) is 7.23. The van der Waals surface area contributed by atoms with Crippen LogP contribution in [0.3, 0.4) is 0 Å². The van der Waals surface area contributed by atoms with Crippen molar-refractivity contribution in [2.75, 3.05) is 11.9 Å². The van der Waals surface area contributed by atoms with Gasteiger partial charge in [-0.15, -0.1) is 0 Å². The Hall–Kier alpha value is -3.41. The normalized spacial score (nSPS) is 10.5. The molecule has 0 atom stereocenters. The van der Waals surface area contributed by atoms with Crippen LogP contribution in [0.1, 0.15) is 33.4 Å². The third kappa shape index (κ3) is 3.64. The van der Waals surface area contributed by atoms with Gasteiger partial charge in [0.25, 0.3) is 5.91 Å². The first-order valence-electron chi connectivity index (χ1n) is 8.11. The van der Waals surface area contributed by atoms with Gasteiger partial charge in [-0.1, -0.05) is 11.6 Å². The molecule has 1 heterocycles. The number of carbonyl (C=O) groups is 2. The molecule has 6 nitrogen and oxygen atoms in total. The van der Waals surface area contributed by atoms with Gasteiger partial charge in [-0.05, 0) is 50.2 Å². The van der Waals surface area contributed by atoms with E-state index in [1.54, 1.807) is 49.4 Å². The Balaban J connectivity index is 1.82. The van der Waals surface area contributed by atoms with E-state index >= 15 is 0 Å². The summed E-state index contributed by atoms with van der Waals surface area (Å²) in [5.74, 6) is -1.06. The molecule has 0 radical (unpaired) electrons. The number of benzene rings is 2. The van der Waals surface area contributed by atoms with E-state index in [9.17, 15) is 14.4 Å². The lowest BCUT2D eigenvalue weighted by atomic mass is 10.1. The predicted octanol–water partition coefficient (Wildman–Crippen LogP) is 3.53. The number of ether oxygens (including phenoxy) is 1. The summed E-state index contributed by atoms with van der Waals surface area (Å²) in [6.07, 6.45) is 0. The lowest BCUT2D eigenvalue weighted by molar-refractivity contribution is 0.0526. The molecule has 6 heteroatoms. The zero-order valence-electron chi connectivity index (χ0n) is 14.4. The fourth-order valence-electron chi connectivity index (χ4n) is 2.48. The average molecular weight is 351 g/mol. The van der Waals surface area contributed by atoms with Crippen LogP contribution in [0.25, 0.3) is 11.0 Å². The first kappa shape index (κ1) is 17.4. The number of rotatable bonds is 4. The zero-order valence-corrected chi connectivity index (χ0v) is 14.4. The molecule has 0 spiro atoms. The van der Waals surface area contributed by atoms with Gasteiger partial charge in [0.1, 0.15) is 5.58 Å². The predicted molar refractivity (Wildman–Crippen MR) is 97.6 cm³/mol. The summed E-state index contributed by atoms with van der Waals surface area (Å²) in [5, 5.41) is 3.07. The third-order valence-corrected chi connectivity index (χ3v) is 3.76. The molecule has 0 aliphatic rings. The number of anilines is 1. The summed E-state index contributed by atoms with van der Waals surface area (Å²) in [6, 6.07) is 12.6. The van der Waals surface area contributed by atoms with Crippen molar-refractivity contribution >= 4 is 28.5 Å². The van der Waals surface area contributed by atoms with Crippen molar-refractivity contribution in [1.82, 2.24) is 0 Å². The molecule has 0 aliphatic heterocycles. The maximum atomic E-state index is 12.4. The fourth-order valence-corrected chi connectivity index (χ4v) is 2.48. The molecule has 1 amide bonds. The molecule has 1 aromatic heterocycles. The zero-order chi connectivity index (χ0) is 18.7. The van der Waals surface area contributed by atoms with E-state index in [1.807, 2.05) is 6.92 Å². The number of esters is 1. The second-order valence-corrected chi connectivity index (χ2v) is 5.73. The van der Waals surface area contributed by atoms with Crippen LogP contribution in [0.5, 0.6) is 0 Å². The first-order valence-corrected chi connectivity index (χ1v) is 8.11. The largest absolute Gasteiger partial charge is 0.462 e. The molecule has 0 unspecified atom stereocenters. The van der Waals surface area contributed by atoms with E-state index in [-0.39, 0.29) is 17.8 Å². The van der Waals surface area contributed by atoms with Crippen LogP contribution >= 0.6 is 0 Å². The number of carbonyl (C=O) groups excluding carboxylic acids is 2. The highest BCUT2D eigenvalue weighted by Crippen LogP contribution is 2.16. The average Bonchev–Trinajstić information content (AvgIpc) is 2.63. The summed E-state index contributed by atoms with van der Waals surface area (Å²) in [7, 11) is 0. The molecular formula is C20H17NO5. The van der Waals surface area contributed by atoms with E-state index in [0.29, 0.717) is 22.2 Å². The maximum absolute atomic E-state index is 12.4. The standard InChI is InChI=1S/C20H17NO5/c1-3-25-20(24)13-5-7-14(8-6-13)21-19(23)18-11-16(22)15-10-12(2)4-9-17(15)26-18/h4-11H,3H2,1-2H3,(H,21,23). The Morgan fingerprint density at radius 3 is 2.50 bits per heavy atom. The van der Waals surface area contributed by atoms with Gasteiger partial charge in [0.15, 0.2) is 11.2 Å². The van der Waals surface area contributed by atoms with Crippen molar-refractivity contribution < 1.29 is 18.7 Å². The number of amides is 1. The molecule has 0 fully saturated rings. The van der Waals surface area contributed by atoms with E-state index < -0.39 is 11.9 Å². The van der Waals surface area contributed by atoms with Crippen LogP contribution < -0.4 is 10.7 Å². The monoisotopic (exact) mass is 351 g/mol. The maximum Gasteiger partial charge on any atom is 0.338 e. The van der Waals surface area contributed by atoms with Crippen molar-refractivity contribution in [2.45, 2.75) is 13.8 Å². The van der Waals surface area contributed by atoms with E-state index in [2.05, 4.69) is 5.32 Å². The molecule has 3 aromatic rings. The minimum Gasteiger partial charge on any atom is -0.462 e. The van der Waals surface area contributed by atoms with Crippen molar-refractivity contribution in [3.63, 3.8) is 0 Å². The number of fused-ring (bicyclic) bond motifs is 1. The summed E-state index contributed by atoms with van der Waals surface area (Å²) in [5.41, 5.74) is 1.86. The van der Waals surface area contributed by atoms with Crippen molar-refractivity contribution in [3.8, 4) is 0 Å². The van der Waals surface area contributed by atoms with E-state index in [1.165, 1.54) is 6.07 Å². The number of hydrogen-bond acceptors (Lipinski definition) is 5. The van der Waals surface area contributed by atoms with Gasteiger partial charge < -0.3 is 14.5 Å². The quantitative estimate of drug-likeness (QED) is 0.727. The summed E-state index contributed by atoms with van der Waals surface area (Å²) in [4.78, 5) is 36.2. The lowest BCUT2D eigenvalue weighted by Gasteiger charge is -2.07. The fraction of sp³-hybridized carbons (Fsp3) is 0.150. The topological polar surface area (TPSA) is 85.6 Å². The number of hydrogen-bond donors (Lipinski definition) is 1. The van der Waals surface area contributed by atoms with Crippen LogP contribution in [0.15, 0.2) is 57.7 Å². The third-order valence-electron chi connectivity index (χ3n) is 3.76. The van der Waals surface area contributed by atoms with E-state index in [0.717, 1.165) is 5.56 Å². The molecule has 0 saturated carbocycles. The Bertz CT molecular complexity index is 1030. The minimum absolute atomic E-state index is 0.0826. The molecule has 1 N–H and O–H groups in total. The smallest absolute Gasteiger partial charge is 0.338 e. The highest BCUT2D eigenvalue weighted by Gasteiger charge is 2.13. The van der Waals surface area contributed by atoms with Gasteiger partial charge in [-0.2, -0.15) is 0 Å². The first-order chi connectivity index (χ1) is 12.5. The molecule has 3 rings (SSSR count). The van der Waals surface area contributed by atoms with Gasteiger partial charge in [0.2, 0.25) is 0 Å². The van der Waals surface area contributed by atoms with Crippen LogP contribution in [0.4, 0.5) is 5.69 Å². The molecule has 132 valence electrons. The van der Waals surface area contributed by atoms with Crippen LogP contribution in [-0.2, 0) is 4.74 Å². The molecular weight excluding hydrogens is 334 g/mol. The summed E-state index contributed by atoms with van der Waals surface area (Å²) in [6.45, 7) is 3.89. The Labute approximate surface area is 149 Å². The minimum atomic E-state index is -0.548. The van der Waals surface area contributed by atoms with Crippen molar-refractivity contribution in [2.24, 2.45) is 0 Å². The highest BCUT2D eigenvalue weighted by atomic mass is 16.5. The Morgan fingerprint density at radius 1 is 1.08 bits per heavy atom. The lowest BCUT2D eigenvalue weighted by Crippen LogP contribution is -2.15. The van der Waals surface area contributed by atoms with Crippen LogP contribution in [0, 0.1) is 6.92 Å². The molecule has 0 saturated heterocycles. The summed E-state index contributed by atoms with van der Waals surface area (Å²) >= 11 is 0. The van der Waals surface area contributed by atoms with Crippen molar-refractivity contribution in [1.29, 1.82) is 0 Å². The SMILES string of the molecule is CCOC(=O)c1ccc(NC(=O)c2cc(=O)c3cc(C)ccc3o2)cc1. The molecule has 0 bridgehead atoms. The highest BCUT2D eigenvalue weighted by molar-refractivity contribution is 6.03. The van der Waals surface area contributed by atoms with E-state index in [4.69, 9.17) is 9.15 Å². The van der Waals surface area contributed by atoms with Gasteiger partial charge in [0.05, 0.1) is 17.6 Å². The van der Waals surface area contributed by atoms with Gasteiger partial charge in [0, 0.05) is 11.8 Å². The molecule has 0 aliphatic carbocycles. The summed E-state index contributed by atoms with van der Waals surface area (Å²) < 4.78 is 10.4. The van der Waals surface area contributed by atoms with Gasteiger partial charge >= 0.3 is 5.97 Å². The Kier molecular flexibility index (Phi) is 4.84. The van der Waals surface area contributed by atoms with Crippen LogP contribution in [-0.4, -0.2) is 18.5 Å². The molecule has 26 heavy (non-hydrogen) atoms. The number of aryl methyl sites for hydroxylation is 1.